The molecule has 0 atom stereocenters. The molecule has 1 aliphatic heterocycles. The van der Waals surface area contributed by atoms with Crippen LogP contribution in [0.5, 0.6) is 0 Å². The van der Waals surface area contributed by atoms with Gasteiger partial charge in [-0.05, 0) is 24.6 Å². The number of carbonyl (C=O) groups is 1. The van der Waals surface area contributed by atoms with Crippen LogP contribution < -0.4 is 5.56 Å². The highest BCUT2D eigenvalue weighted by atomic mass is 32.2. The highest BCUT2D eigenvalue weighted by Crippen LogP contribution is 2.20. The summed E-state index contributed by atoms with van der Waals surface area (Å²) >= 11 is 1.26. The minimum absolute atomic E-state index is 0.0887. The molecule has 3 aromatic rings. The van der Waals surface area contributed by atoms with Crippen molar-refractivity contribution in [3.63, 3.8) is 0 Å². The summed E-state index contributed by atoms with van der Waals surface area (Å²) < 4.78 is 1.50. The molecule has 2 aromatic carbocycles. The summed E-state index contributed by atoms with van der Waals surface area (Å²) in [6, 6.07) is 15.5. The molecule has 0 aliphatic carbocycles. The van der Waals surface area contributed by atoms with Gasteiger partial charge < -0.3 is 0 Å². The third-order valence-electron chi connectivity index (χ3n) is 4.71. The van der Waals surface area contributed by atoms with Gasteiger partial charge in [-0.3, -0.25) is 14.2 Å². The monoisotopic (exact) mass is 392 g/mol. The number of thioether (sulfide) groups is 1. The van der Waals surface area contributed by atoms with Crippen molar-refractivity contribution < 1.29 is 4.79 Å². The van der Waals surface area contributed by atoms with Crippen LogP contribution in [-0.4, -0.2) is 38.5 Å². The quantitative estimate of drug-likeness (QED) is 0.506. The Labute approximate surface area is 166 Å². The van der Waals surface area contributed by atoms with Crippen LogP contribution >= 0.6 is 11.8 Å². The summed E-state index contributed by atoms with van der Waals surface area (Å²) in [5, 5.41) is 7.10. The Morgan fingerprint density at radius 1 is 1.18 bits per heavy atom. The van der Waals surface area contributed by atoms with E-state index in [0.717, 1.165) is 23.3 Å². The highest BCUT2D eigenvalue weighted by Gasteiger charge is 2.22. The molecule has 0 unspecified atom stereocenters. The van der Waals surface area contributed by atoms with Crippen LogP contribution in [0.4, 0.5) is 0 Å². The average Bonchev–Trinajstić information content (AvgIpc) is 3.21. The molecule has 0 saturated heterocycles. The second kappa shape index (κ2) is 7.59. The van der Waals surface area contributed by atoms with Crippen LogP contribution in [-0.2, 0) is 11.8 Å². The van der Waals surface area contributed by atoms with Crippen LogP contribution in [0.2, 0.25) is 0 Å². The van der Waals surface area contributed by atoms with Gasteiger partial charge in [-0.15, -0.1) is 0 Å². The number of hydrazone groups is 1. The molecule has 142 valence electrons. The molecule has 1 aromatic heterocycles. The molecule has 0 spiro atoms. The zero-order valence-electron chi connectivity index (χ0n) is 15.8. The number of benzene rings is 2. The number of hydrogen-bond donors (Lipinski definition) is 0. The van der Waals surface area contributed by atoms with Crippen molar-refractivity contribution in [2.45, 2.75) is 18.5 Å². The number of rotatable bonds is 4. The van der Waals surface area contributed by atoms with Crippen molar-refractivity contribution in [1.82, 2.24) is 14.6 Å². The van der Waals surface area contributed by atoms with Crippen LogP contribution in [0, 0.1) is 6.92 Å². The van der Waals surface area contributed by atoms with Crippen molar-refractivity contribution in [3.05, 3.63) is 70.0 Å². The highest BCUT2D eigenvalue weighted by molar-refractivity contribution is 7.99. The maximum absolute atomic E-state index is 12.6. The molecule has 1 aliphatic rings. The number of aryl methyl sites for hydroxylation is 1. The maximum Gasteiger partial charge on any atom is 0.261 e. The van der Waals surface area contributed by atoms with Crippen LogP contribution in [0.3, 0.4) is 0 Å². The van der Waals surface area contributed by atoms with Gasteiger partial charge in [0, 0.05) is 13.5 Å². The van der Waals surface area contributed by atoms with Gasteiger partial charge in [-0.1, -0.05) is 53.7 Å². The first-order valence-electron chi connectivity index (χ1n) is 9.06. The second-order valence-electron chi connectivity index (χ2n) is 6.75. The van der Waals surface area contributed by atoms with Crippen molar-refractivity contribution in [2.75, 3.05) is 12.3 Å². The van der Waals surface area contributed by atoms with Crippen molar-refractivity contribution in [1.29, 1.82) is 0 Å². The molecule has 2 heterocycles. The van der Waals surface area contributed by atoms with E-state index in [2.05, 4.69) is 10.1 Å². The van der Waals surface area contributed by atoms with Gasteiger partial charge in [-0.2, -0.15) is 5.10 Å². The summed E-state index contributed by atoms with van der Waals surface area (Å²) in [4.78, 5) is 29.7. The SMILES string of the molecule is Cc1ccc2nc(SCC(=O)N3CCC(c4ccccc4)=N3)n(C)c(=O)c2c1. The Bertz CT molecular complexity index is 1140. The van der Waals surface area contributed by atoms with Gasteiger partial charge in [0.15, 0.2) is 5.16 Å². The fraction of sp³-hybridized carbons (Fsp3) is 0.238. The summed E-state index contributed by atoms with van der Waals surface area (Å²) in [6.45, 7) is 2.52. The fourth-order valence-corrected chi connectivity index (χ4v) is 4.01. The van der Waals surface area contributed by atoms with Gasteiger partial charge in [0.05, 0.1) is 28.9 Å². The number of fused-ring (bicyclic) bond motifs is 1. The Morgan fingerprint density at radius 2 is 1.96 bits per heavy atom. The van der Waals surface area contributed by atoms with Crippen LogP contribution in [0.25, 0.3) is 10.9 Å². The molecule has 0 bridgehead atoms. The third kappa shape index (κ3) is 3.57. The zero-order valence-corrected chi connectivity index (χ0v) is 16.6. The number of aromatic nitrogens is 2. The predicted molar refractivity (Wildman–Crippen MR) is 112 cm³/mol. The molecule has 0 N–H and O–H groups in total. The van der Waals surface area contributed by atoms with Gasteiger partial charge >= 0.3 is 0 Å². The Balaban J connectivity index is 1.50. The van der Waals surface area contributed by atoms with Gasteiger partial charge in [-0.25, -0.2) is 9.99 Å². The van der Waals surface area contributed by atoms with E-state index in [4.69, 9.17) is 0 Å². The van der Waals surface area contributed by atoms with E-state index in [1.807, 2.05) is 55.5 Å². The third-order valence-corrected chi connectivity index (χ3v) is 5.73. The molecule has 7 heteroatoms. The van der Waals surface area contributed by atoms with E-state index in [1.54, 1.807) is 7.05 Å². The lowest BCUT2D eigenvalue weighted by molar-refractivity contribution is -0.127. The molecule has 0 saturated carbocycles. The van der Waals surface area contributed by atoms with E-state index in [9.17, 15) is 9.59 Å². The standard InChI is InChI=1S/C21H20N4O2S/c1-14-8-9-18-16(12-14)20(27)24(2)21(22-18)28-13-19(26)25-11-10-17(23-25)15-6-4-3-5-7-15/h3-9,12H,10-11,13H2,1-2H3. The largest absolute Gasteiger partial charge is 0.290 e. The van der Waals surface area contributed by atoms with E-state index in [0.29, 0.717) is 22.6 Å². The normalized spacial score (nSPS) is 13.8. The Morgan fingerprint density at radius 3 is 2.75 bits per heavy atom. The van der Waals surface area contributed by atoms with Crippen molar-refractivity contribution in [2.24, 2.45) is 12.1 Å². The predicted octanol–water partition coefficient (Wildman–Crippen LogP) is 2.97. The van der Waals surface area contributed by atoms with E-state index < -0.39 is 0 Å². The smallest absolute Gasteiger partial charge is 0.261 e. The summed E-state index contributed by atoms with van der Waals surface area (Å²) in [5.41, 5.74) is 3.52. The second-order valence-corrected chi connectivity index (χ2v) is 7.69. The molecule has 6 nitrogen and oxygen atoms in total. The number of nitrogens with zero attached hydrogens (tertiary/aromatic N) is 4. The first-order valence-corrected chi connectivity index (χ1v) is 10.0. The summed E-state index contributed by atoms with van der Waals surface area (Å²) in [5.74, 6) is 0.0950. The van der Waals surface area contributed by atoms with Crippen molar-refractivity contribution in [3.8, 4) is 0 Å². The number of hydrogen-bond acceptors (Lipinski definition) is 5. The average molecular weight is 392 g/mol. The molecule has 0 fully saturated rings. The minimum Gasteiger partial charge on any atom is -0.290 e. The zero-order chi connectivity index (χ0) is 19.7. The molecule has 4 rings (SSSR count). The van der Waals surface area contributed by atoms with E-state index in [-0.39, 0.29) is 17.2 Å². The van der Waals surface area contributed by atoms with Crippen molar-refractivity contribution >= 4 is 34.3 Å². The van der Waals surface area contributed by atoms with Crippen LogP contribution in [0.15, 0.2) is 63.6 Å². The first kappa shape index (κ1) is 18.4. The van der Waals surface area contributed by atoms with Gasteiger partial charge in [0.1, 0.15) is 0 Å². The van der Waals surface area contributed by atoms with Gasteiger partial charge in [0.2, 0.25) is 0 Å². The van der Waals surface area contributed by atoms with Crippen LogP contribution in [0.1, 0.15) is 17.5 Å². The summed E-state index contributed by atoms with van der Waals surface area (Å²) in [7, 11) is 1.69. The van der Waals surface area contributed by atoms with Gasteiger partial charge in [0.25, 0.3) is 11.5 Å². The van der Waals surface area contributed by atoms with E-state index >= 15 is 0 Å². The first-order chi connectivity index (χ1) is 13.5. The minimum atomic E-state index is -0.103. The molecular formula is C21H20N4O2S. The number of carbonyl (C=O) groups excluding carboxylic acids is 1. The van der Waals surface area contributed by atoms with E-state index in [1.165, 1.54) is 21.3 Å². The molecular weight excluding hydrogens is 372 g/mol. The lowest BCUT2D eigenvalue weighted by Gasteiger charge is -2.12. The molecule has 28 heavy (non-hydrogen) atoms. The molecule has 0 radical (unpaired) electrons. The maximum atomic E-state index is 12.6. The topological polar surface area (TPSA) is 67.6 Å². The molecule has 1 amide bonds. The Hall–Kier alpha value is -2.93. The number of amides is 1. The Kier molecular flexibility index (Phi) is 5.00. The lowest BCUT2D eigenvalue weighted by Crippen LogP contribution is -2.26. The fourth-order valence-electron chi connectivity index (χ4n) is 3.16. The summed E-state index contributed by atoms with van der Waals surface area (Å²) in [6.07, 6.45) is 0.743. The lowest BCUT2D eigenvalue weighted by atomic mass is 10.1.